The molecule has 3 aromatic rings. The second-order valence-corrected chi connectivity index (χ2v) is 8.48. The Morgan fingerprint density at radius 2 is 2.00 bits per heavy atom. The largest absolute Gasteiger partial charge is 0.393 e. The van der Waals surface area contributed by atoms with Crippen LogP contribution in [-0.2, 0) is 13.0 Å². The molecule has 2 aromatic carbocycles. The van der Waals surface area contributed by atoms with Gasteiger partial charge in [0.05, 0.1) is 18.3 Å². The number of rotatable bonds is 3. The van der Waals surface area contributed by atoms with Gasteiger partial charge in [-0.1, -0.05) is 41.7 Å². The molecule has 6 heteroatoms. The number of carbonyl (C=O) groups is 1. The SMILES string of the molecule is O=C(c1ccc2ccccc2c1)N1CCc2nc(N[C@H]3C[C@@H](O)C3)sc2C1. The van der Waals surface area contributed by atoms with Crippen LogP contribution in [0.25, 0.3) is 10.8 Å². The van der Waals surface area contributed by atoms with Crippen molar-refractivity contribution in [3.05, 3.63) is 58.6 Å². The molecule has 1 aliphatic carbocycles. The molecule has 5 nitrogen and oxygen atoms in total. The monoisotopic (exact) mass is 379 g/mol. The molecule has 1 aliphatic heterocycles. The molecule has 0 radical (unpaired) electrons. The Labute approximate surface area is 161 Å². The minimum Gasteiger partial charge on any atom is -0.393 e. The number of carbonyl (C=O) groups excluding carboxylic acids is 1. The minimum atomic E-state index is -0.174. The number of benzene rings is 2. The summed E-state index contributed by atoms with van der Waals surface area (Å²) in [6.07, 6.45) is 2.19. The second-order valence-electron chi connectivity index (χ2n) is 7.39. The summed E-state index contributed by atoms with van der Waals surface area (Å²) in [6.45, 7) is 1.32. The maximum atomic E-state index is 13.0. The van der Waals surface area contributed by atoms with E-state index in [2.05, 4.69) is 11.4 Å². The van der Waals surface area contributed by atoms with E-state index in [-0.39, 0.29) is 12.0 Å². The Morgan fingerprint density at radius 1 is 1.19 bits per heavy atom. The molecule has 1 aromatic heterocycles. The average Bonchev–Trinajstić information content (AvgIpc) is 3.07. The number of nitrogens with one attached hydrogen (secondary N) is 1. The second kappa shape index (κ2) is 6.62. The van der Waals surface area contributed by atoms with E-state index in [1.807, 2.05) is 41.3 Å². The number of thiazole rings is 1. The maximum Gasteiger partial charge on any atom is 0.254 e. The van der Waals surface area contributed by atoms with Gasteiger partial charge in [-0.3, -0.25) is 4.79 Å². The highest BCUT2D eigenvalue weighted by Gasteiger charge is 2.29. The molecular formula is C21H21N3O2S. The molecule has 0 unspecified atom stereocenters. The number of aliphatic hydroxyl groups excluding tert-OH is 1. The fourth-order valence-corrected chi connectivity index (χ4v) is 4.92. The van der Waals surface area contributed by atoms with Gasteiger partial charge in [-0.15, -0.1) is 0 Å². The third kappa shape index (κ3) is 3.19. The lowest BCUT2D eigenvalue weighted by Gasteiger charge is -2.31. The van der Waals surface area contributed by atoms with E-state index in [9.17, 15) is 9.90 Å². The molecule has 5 rings (SSSR count). The van der Waals surface area contributed by atoms with Crippen LogP contribution in [0.15, 0.2) is 42.5 Å². The number of aromatic nitrogens is 1. The standard InChI is InChI=1S/C21H21N3O2S/c25-17-10-16(11-17)22-21-23-18-7-8-24(12-19(18)27-21)20(26)15-6-5-13-3-1-2-4-14(13)9-15/h1-6,9,16-17,25H,7-8,10-12H2,(H,22,23)/t16-,17+. The van der Waals surface area contributed by atoms with Crippen LogP contribution in [-0.4, -0.2) is 39.6 Å². The van der Waals surface area contributed by atoms with Crippen molar-refractivity contribution in [3.63, 3.8) is 0 Å². The Bertz CT molecular complexity index is 1010. The summed E-state index contributed by atoms with van der Waals surface area (Å²) in [4.78, 5) is 20.8. The molecule has 1 saturated carbocycles. The summed E-state index contributed by atoms with van der Waals surface area (Å²) >= 11 is 1.64. The summed E-state index contributed by atoms with van der Waals surface area (Å²) in [5, 5.41) is 16.0. The zero-order chi connectivity index (χ0) is 18.4. The molecule has 27 heavy (non-hydrogen) atoms. The van der Waals surface area contributed by atoms with E-state index in [0.29, 0.717) is 19.1 Å². The summed E-state index contributed by atoms with van der Waals surface area (Å²) in [5.41, 5.74) is 1.84. The van der Waals surface area contributed by atoms with Crippen molar-refractivity contribution in [1.82, 2.24) is 9.88 Å². The van der Waals surface area contributed by atoms with Crippen molar-refractivity contribution in [3.8, 4) is 0 Å². The molecule has 0 atom stereocenters. The highest BCUT2D eigenvalue weighted by molar-refractivity contribution is 7.15. The first-order valence-corrected chi connectivity index (χ1v) is 10.2. The minimum absolute atomic E-state index is 0.0800. The molecule has 2 N–H and O–H groups in total. The molecule has 138 valence electrons. The van der Waals surface area contributed by atoms with Crippen molar-refractivity contribution >= 4 is 33.1 Å². The van der Waals surface area contributed by atoms with Gasteiger partial charge in [0, 0.05) is 29.4 Å². The summed E-state index contributed by atoms with van der Waals surface area (Å²) in [5.74, 6) is 0.0800. The van der Waals surface area contributed by atoms with Crippen molar-refractivity contribution in [2.24, 2.45) is 0 Å². The molecule has 0 bridgehead atoms. The smallest absolute Gasteiger partial charge is 0.254 e. The maximum absolute atomic E-state index is 13.0. The van der Waals surface area contributed by atoms with Gasteiger partial charge >= 0.3 is 0 Å². The third-order valence-electron chi connectivity index (χ3n) is 5.46. The quantitative estimate of drug-likeness (QED) is 0.732. The first kappa shape index (κ1) is 16.7. The van der Waals surface area contributed by atoms with Gasteiger partial charge in [-0.25, -0.2) is 4.98 Å². The zero-order valence-corrected chi connectivity index (χ0v) is 15.7. The Morgan fingerprint density at radius 3 is 2.81 bits per heavy atom. The van der Waals surface area contributed by atoms with Gasteiger partial charge in [0.25, 0.3) is 5.91 Å². The number of fused-ring (bicyclic) bond motifs is 2. The number of anilines is 1. The molecule has 1 amide bonds. The van der Waals surface area contributed by atoms with Gasteiger partial charge in [0.2, 0.25) is 0 Å². The normalized spacial score (nSPS) is 21.6. The number of nitrogens with zero attached hydrogens (tertiary/aromatic N) is 2. The Hall–Kier alpha value is -2.44. The fourth-order valence-electron chi connectivity index (χ4n) is 3.82. The van der Waals surface area contributed by atoms with Crippen LogP contribution in [0.1, 0.15) is 33.8 Å². The van der Waals surface area contributed by atoms with Crippen LogP contribution in [0, 0.1) is 0 Å². The molecule has 2 heterocycles. The van der Waals surface area contributed by atoms with E-state index >= 15 is 0 Å². The lowest BCUT2D eigenvalue weighted by molar-refractivity contribution is 0.0736. The van der Waals surface area contributed by atoms with E-state index in [1.54, 1.807) is 11.3 Å². The average molecular weight is 379 g/mol. The predicted molar refractivity (Wildman–Crippen MR) is 107 cm³/mol. The Kier molecular flexibility index (Phi) is 4.10. The first-order chi connectivity index (χ1) is 13.2. The molecular weight excluding hydrogens is 358 g/mol. The lowest BCUT2D eigenvalue weighted by atomic mass is 9.90. The van der Waals surface area contributed by atoms with Crippen molar-refractivity contribution in [1.29, 1.82) is 0 Å². The van der Waals surface area contributed by atoms with Gasteiger partial charge in [0.1, 0.15) is 0 Å². The highest BCUT2D eigenvalue weighted by atomic mass is 32.1. The van der Waals surface area contributed by atoms with Crippen LogP contribution in [0.4, 0.5) is 5.13 Å². The van der Waals surface area contributed by atoms with E-state index in [4.69, 9.17) is 4.98 Å². The molecule has 1 fully saturated rings. The summed E-state index contributed by atoms with van der Waals surface area (Å²) < 4.78 is 0. The Balaban J connectivity index is 1.32. The van der Waals surface area contributed by atoms with Crippen LogP contribution in [0.5, 0.6) is 0 Å². The van der Waals surface area contributed by atoms with Gasteiger partial charge in [0.15, 0.2) is 5.13 Å². The molecule has 0 saturated heterocycles. The highest BCUT2D eigenvalue weighted by Crippen LogP contribution is 2.32. The van der Waals surface area contributed by atoms with Crippen LogP contribution >= 0.6 is 11.3 Å². The summed E-state index contributed by atoms with van der Waals surface area (Å²) in [7, 11) is 0. The molecule has 0 spiro atoms. The zero-order valence-electron chi connectivity index (χ0n) is 14.9. The number of hydrogen-bond acceptors (Lipinski definition) is 5. The molecule has 2 aliphatic rings. The van der Waals surface area contributed by atoms with Gasteiger partial charge in [-0.05, 0) is 35.7 Å². The summed E-state index contributed by atoms with van der Waals surface area (Å²) in [6, 6.07) is 14.3. The topological polar surface area (TPSA) is 65.5 Å². The van der Waals surface area contributed by atoms with Crippen molar-refractivity contribution in [2.45, 2.75) is 38.0 Å². The van der Waals surface area contributed by atoms with Crippen LogP contribution in [0.2, 0.25) is 0 Å². The first-order valence-electron chi connectivity index (χ1n) is 9.37. The van der Waals surface area contributed by atoms with Gasteiger partial charge < -0.3 is 15.3 Å². The van der Waals surface area contributed by atoms with Crippen molar-refractivity contribution < 1.29 is 9.90 Å². The van der Waals surface area contributed by atoms with Crippen LogP contribution < -0.4 is 5.32 Å². The van der Waals surface area contributed by atoms with E-state index in [0.717, 1.165) is 51.3 Å². The van der Waals surface area contributed by atoms with E-state index in [1.165, 1.54) is 0 Å². The van der Waals surface area contributed by atoms with Crippen molar-refractivity contribution in [2.75, 3.05) is 11.9 Å². The predicted octanol–water partition coefficient (Wildman–Crippen LogP) is 3.43. The van der Waals surface area contributed by atoms with Crippen LogP contribution in [0.3, 0.4) is 0 Å². The fraction of sp³-hybridized carbons (Fsp3) is 0.333. The van der Waals surface area contributed by atoms with Gasteiger partial charge in [-0.2, -0.15) is 0 Å². The number of aliphatic hydroxyl groups is 1. The lowest BCUT2D eigenvalue weighted by Crippen LogP contribution is -2.38. The van der Waals surface area contributed by atoms with E-state index < -0.39 is 0 Å². The number of hydrogen-bond donors (Lipinski definition) is 2. The third-order valence-corrected chi connectivity index (χ3v) is 6.47. The number of amides is 1.